The molecular weight excluding hydrogens is 353 g/mol. The number of alkyl halides is 3. The normalized spacial score (nSPS) is 11.8. The molecule has 0 spiro atoms. The lowest BCUT2D eigenvalue weighted by molar-refractivity contribution is -0.138. The summed E-state index contributed by atoms with van der Waals surface area (Å²) in [5, 5.41) is 13.2. The fourth-order valence-corrected chi connectivity index (χ4v) is 2.07. The van der Waals surface area contributed by atoms with Crippen molar-refractivity contribution in [1.82, 2.24) is 10.6 Å². The average molecular weight is 376 g/mol. The van der Waals surface area contributed by atoms with E-state index < -0.39 is 29.3 Å². The molecule has 1 aromatic carbocycles. The third-order valence-electron chi connectivity index (χ3n) is 3.10. The number of hydrogen-bond acceptors (Lipinski definition) is 3. The molecule has 0 unspecified atom stereocenters. The smallest absolute Gasteiger partial charge is 0.416 e. The Balaban J connectivity index is 2.73. The van der Waals surface area contributed by atoms with Gasteiger partial charge in [-0.2, -0.15) is 13.2 Å². The van der Waals surface area contributed by atoms with Gasteiger partial charge in [-0.25, -0.2) is 4.79 Å². The predicted molar refractivity (Wildman–Crippen MR) is 88.9 cm³/mol. The summed E-state index contributed by atoms with van der Waals surface area (Å²) in [6.45, 7) is 4.97. The summed E-state index contributed by atoms with van der Waals surface area (Å²) in [6, 6.07) is 2.92. The number of halogens is 3. The van der Waals surface area contributed by atoms with Crippen molar-refractivity contribution in [2.24, 2.45) is 0 Å². The number of carboxylic acids is 1. The summed E-state index contributed by atoms with van der Waals surface area (Å²) in [5.74, 6) is -0.897. The molecule has 26 heavy (non-hydrogen) atoms. The first-order valence-corrected chi connectivity index (χ1v) is 8.01. The van der Waals surface area contributed by atoms with Crippen molar-refractivity contribution < 1.29 is 32.6 Å². The van der Waals surface area contributed by atoms with E-state index in [2.05, 4.69) is 10.6 Å². The van der Waals surface area contributed by atoms with Gasteiger partial charge in [0.15, 0.2) is 0 Å². The first kappa shape index (κ1) is 21.6. The number of hydrogen-bond donors (Lipinski definition) is 3. The summed E-state index contributed by atoms with van der Waals surface area (Å²) >= 11 is 0. The molecule has 2 amide bonds. The second-order valence-corrected chi connectivity index (χ2v) is 6.64. The molecule has 1 aromatic rings. The molecule has 0 saturated heterocycles. The van der Waals surface area contributed by atoms with E-state index in [0.29, 0.717) is 0 Å². The zero-order valence-electron chi connectivity index (χ0n) is 14.9. The van der Waals surface area contributed by atoms with Crippen molar-refractivity contribution in [3.63, 3.8) is 0 Å². The van der Waals surface area contributed by atoms with E-state index in [9.17, 15) is 22.8 Å². The zero-order chi connectivity index (χ0) is 20.0. The fourth-order valence-electron chi connectivity index (χ4n) is 2.07. The van der Waals surface area contributed by atoms with Gasteiger partial charge in [-0.3, -0.25) is 4.79 Å². The molecular formula is C17H23F3N2O4. The Hall–Kier alpha value is -2.45. The number of benzene rings is 1. The molecule has 1 rings (SSSR count). The second-order valence-electron chi connectivity index (χ2n) is 6.64. The summed E-state index contributed by atoms with van der Waals surface area (Å²) in [6.07, 6.45) is -4.46. The molecule has 0 saturated carbocycles. The molecule has 0 aliphatic heterocycles. The molecule has 0 aromatic heterocycles. The van der Waals surface area contributed by atoms with Crippen LogP contribution in [0.15, 0.2) is 18.2 Å². The van der Waals surface area contributed by atoms with E-state index in [1.165, 1.54) is 12.1 Å². The summed E-state index contributed by atoms with van der Waals surface area (Å²) in [7, 11) is 0. The van der Waals surface area contributed by atoms with E-state index in [1.54, 1.807) is 20.8 Å². The SMILES string of the molecule is CC(C)(C)Oc1ccc(CNC(=O)NCCCC(=O)O)c(C(F)(F)F)c1. The monoisotopic (exact) mass is 376 g/mol. The number of rotatable bonds is 7. The van der Waals surface area contributed by atoms with E-state index in [4.69, 9.17) is 9.84 Å². The van der Waals surface area contributed by atoms with Crippen molar-refractivity contribution in [2.75, 3.05) is 6.54 Å². The lowest BCUT2D eigenvalue weighted by atomic mass is 10.1. The summed E-state index contributed by atoms with van der Waals surface area (Å²) < 4.78 is 45.3. The maximum absolute atomic E-state index is 13.3. The Labute approximate surface area is 149 Å². The molecule has 0 bridgehead atoms. The van der Waals surface area contributed by atoms with Crippen LogP contribution in [0.5, 0.6) is 5.75 Å². The lowest BCUT2D eigenvalue weighted by Gasteiger charge is -2.23. The minimum Gasteiger partial charge on any atom is -0.488 e. The standard InChI is InChI=1S/C17H23F3N2O4/c1-16(2,3)26-12-7-6-11(13(9-12)17(18,19)20)10-22-15(25)21-8-4-5-14(23)24/h6-7,9H,4-5,8,10H2,1-3H3,(H,23,24)(H2,21,22,25). The largest absolute Gasteiger partial charge is 0.488 e. The molecule has 6 nitrogen and oxygen atoms in total. The van der Waals surface area contributed by atoms with Crippen molar-refractivity contribution in [3.8, 4) is 5.75 Å². The van der Waals surface area contributed by atoms with Gasteiger partial charge in [-0.15, -0.1) is 0 Å². The Kier molecular flexibility index (Phi) is 7.29. The van der Waals surface area contributed by atoms with Crippen LogP contribution in [0.2, 0.25) is 0 Å². The number of urea groups is 1. The van der Waals surface area contributed by atoms with Crippen molar-refractivity contribution in [3.05, 3.63) is 29.3 Å². The van der Waals surface area contributed by atoms with Crippen LogP contribution in [0, 0.1) is 0 Å². The van der Waals surface area contributed by atoms with Crippen LogP contribution in [0.4, 0.5) is 18.0 Å². The third kappa shape index (κ3) is 8.09. The molecule has 0 aliphatic rings. The number of nitrogens with one attached hydrogen (secondary N) is 2. The van der Waals surface area contributed by atoms with Crippen LogP contribution in [0.3, 0.4) is 0 Å². The topological polar surface area (TPSA) is 87.7 Å². The Morgan fingerprint density at radius 2 is 1.81 bits per heavy atom. The minimum absolute atomic E-state index is 0.0895. The van der Waals surface area contributed by atoms with Gasteiger partial charge in [-0.05, 0) is 44.9 Å². The van der Waals surface area contributed by atoms with Gasteiger partial charge in [0.05, 0.1) is 5.56 Å². The van der Waals surface area contributed by atoms with Crippen LogP contribution in [-0.2, 0) is 17.5 Å². The highest BCUT2D eigenvalue weighted by Crippen LogP contribution is 2.35. The van der Waals surface area contributed by atoms with Gasteiger partial charge in [0.1, 0.15) is 11.4 Å². The van der Waals surface area contributed by atoms with E-state index in [1.807, 2.05) is 0 Å². The fraction of sp³-hybridized carbons (Fsp3) is 0.529. The molecule has 0 radical (unpaired) electrons. The number of carbonyl (C=O) groups is 2. The van der Waals surface area contributed by atoms with E-state index in [-0.39, 0.29) is 37.2 Å². The predicted octanol–water partition coefficient (Wildman–Crippen LogP) is 3.55. The molecule has 0 aliphatic carbocycles. The van der Waals surface area contributed by atoms with Gasteiger partial charge in [0, 0.05) is 19.5 Å². The average Bonchev–Trinajstić information content (AvgIpc) is 2.47. The molecule has 0 atom stereocenters. The van der Waals surface area contributed by atoms with Gasteiger partial charge >= 0.3 is 18.2 Å². The first-order chi connectivity index (χ1) is 11.9. The first-order valence-electron chi connectivity index (χ1n) is 8.01. The molecule has 0 fully saturated rings. The number of carboxylic acid groups (broad SMARTS) is 1. The van der Waals surface area contributed by atoms with Gasteiger partial charge in [0.25, 0.3) is 0 Å². The number of ether oxygens (including phenoxy) is 1. The number of amides is 2. The minimum atomic E-state index is -4.59. The van der Waals surface area contributed by atoms with Crippen LogP contribution in [-0.4, -0.2) is 29.3 Å². The number of carbonyl (C=O) groups excluding carboxylic acids is 1. The van der Waals surface area contributed by atoms with E-state index in [0.717, 1.165) is 6.07 Å². The molecule has 146 valence electrons. The maximum atomic E-state index is 13.3. The van der Waals surface area contributed by atoms with Crippen molar-refractivity contribution in [2.45, 2.75) is 51.9 Å². The lowest BCUT2D eigenvalue weighted by Crippen LogP contribution is -2.36. The Morgan fingerprint density at radius 1 is 1.15 bits per heavy atom. The van der Waals surface area contributed by atoms with Gasteiger partial charge in [-0.1, -0.05) is 6.07 Å². The van der Waals surface area contributed by atoms with Gasteiger partial charge < -0.3 is 20.5 Å². The third-order valence-corrected chi connectivity index (χ3v) is 3.10. The Morgan fingerprint density at radius 3 is 2.35 bits per heavy atom. The van der Waals surface area contributed by atoms with Crippen LogP contribution < -0.4 is 15.4 Å². The van der Waals surface area contributed by atoms with Crippen LogP contribution in [0.1, 0.15) is 44.7 Å². The second kappa shape index (κ2) is 8.77. The molecule has 0 heterocycles. The molecule has 3 N–H and O–H groups in total. The van der Waals surface area contributed by atoms with Gasteiger partial charge in [0.2, 0.25) is 0 Å². The molecule has 9 heteroatoms. The maximum Gasteiger partial charge on any atom is 0.416 e. The Bertz CT molecular complexity index is 640. The van der Waals surface area contributed by atoms with Crippen molar-refractivity contribution >= 4 is 12.0 Å². The van der Waals surface area contributed by atoms with Crippen LogP contribution >= 0.6 is 0 Å². The quantitative estimate of drug-likeness (QED) is 0.635. The highest BCUT2D eigenvalue weighted by atomic mass is 19.4. The highest BCUT2D eigenvalue weighted by molar-refractivity contribution is 5.74. The number of aliphatic carboxylic acids is 1. The highest BCUT2D eigenvalue weighted by Gasteiger charge is 2.34. The zero-order valence-corrected chi connectivity index (χ0v) is 14.9. The summed E-state index contributed by atoms with van der Waals surface area (Å²) in [4.78, 5) is 22.0. The van der Waals surface area contributed by atoms with Crippen LogP contribution in [0.25, 0.3) is 0 Å². The van der Waals surface area contributed by atoms with E-state index >= 15 is 0 Å². The summed E-state index contributed by atoms with van der Waals surface area (Å²) in [5.41, 5.74) is -1.62. The van der Waals surface area contributed by atoms with Crippen molar-refractivity contribution in [1.29, 1.82) is 0 Å².